The molecule has 0 aromatic rings. The van der Waals surface area contributed by atoms with Crippen molar-refractivity contribution >= 4 is 19.0 Å². The van der Waals surface area contributed by atoms with Crippen LogP contribution in [0, 0.1) is 0 Å². The first-order chi connectivity index (χ1) is 2.91. The molecule has 7 heavy (non-hydrogen) atoms. The maximum absolute atomic E-state index is 9.36. The van der Waals surface area contributed by atoms with Crippen molar-refractivity contribution in [2.24, 2.45) is 0 Å². The summed E-state index contributed by atoms with van der Waals surface area (Å²) in [6.07, 6.45) is 1.94. The first kappa shape index (κ1) is 10.4. The maximum atomic E-state index is 9.36. The standard InChI is InChI=1S/C3H5NOS.Na/c5-3-4-1-2-6;/h1-3,6H,(H,4,5);/q;+1/p-1. The first-order valence-electron chi connectivity index (χ1n) is 1.38. The van der Waals surface area contributed by atoms with E-state index in [1.807, 2.05) is 0 Å². The topological polar surface area (TPSA) is 29.1 Å². The minimum absolute atomic E-state index is 0. The fourth-order valence-electron chi connectivity index (χ4n) is 0.0786. The van der Waals surface area contributed by atoms with Crippen molar-refractivity contribution in [3.8, 4) is 0 Å². The number of nitrogens with one attached hydrogen (secondary N) is 1. The summed E-state index contributed by atoms with van der Waals surface area (Å²) in [5.41, 5.74) is 0. The SMILES string of the molecule is O=CNC=C[S-].[Na+]. The van der Waals surface area contributed by atoms with E-state index in [1.54, 1.807) is 0 Å². The molecule has 0 spiro atoms. The Morgan fingerprint density at radius 1 is 1.57 bits per heavy atom. The van der Waals surface area contributed by atoms with Crippen LogP contribution in [0.15, 0.2) is 11.6 Å². The zero-order valence-electron chi connectivity index (χ0n) is 4.05. The number of carbonyl (C=O) groups is 1. The molecule has 0 aliphatic carbocycles. The van der Waals surface area contributed by atoms with E-state index in [1.165, 1.54) is 11.6 Å². The van der Waals surface area contributed by atoms with E-state index in [-0.39, 0.29) is 29.6 Å². The molecule has 0 unspecified atom stereocenters. The van der Waals surface area contributed by atoms with Crippen LogP contribution in [0.1, 0.15) is 0 Å². The van der Waals surface area contributed by atoms with Gasteiger partial charge in [-0.15, -0.1) is 0 Å². The van der Waals surface area contributed by atoms with E-state index in [4.69, 9.17) is 0 Å². The molecule has 2 nitrogen and oxygen atoms in total. The summed E-state index contributed by atoms with van der Waals surface area (Å²) in [5, 5.41) is 3.56. The third-order valence-electron chi connectivity index (χ3n) is 0.232. The Hall–Kier alpha value is 0.430. The third kappa shape index (κ3) is 10.7. The van der Waals surface area contributed by atoms with Crippen LogP contribution >= 0.6 is 0 Å². The molecule has 0 saturated carbocycles. The Labute approximate surface area is 70.1 Å². The van der Waals surface area contributed by atoms with Crippen molar-refractivity contribution in [2.75, 3.05) is 0 Å². The summed E-state index contributed by atoms with van der Waals surface area (Å²) in [4.78, 5) is 9.36. The van der Waals surface area contributed by atoms with Gasteiger partial charge >= 0.3 is 29.6 Å². The molecule has 0 atom stereocenters. The van der Waals surface area contributed by atoms with Gasteiger partial charge in [-0.2, -0.15) is 5.41 Å². The van der Waals surface area contributed by atoms with Gasteiger partial charge in [-0.05, 0) is 6.20 Å². The van der Waals surface area contributed by atoms with E-state index in [0.717, 1.165) is 0 Å². The molecule has 1 N–H and O–H groups in total. The van der Waals surface area contributed by atoms with Crippen LogP contribution < -0.4 is 34.9 Å². The quantitative estimate of drug-likeness (QED) is 0.239. The zero-order chi connectivity index (χ0) is 4.83. The Morgan fingerprint density at radius 2 is 2.14 bits per heavy atom. The number of hydrogen-bond donors (Lipinski definition) is 1. The van der Waals surface area contributed by atoms with Crippen LogP contribution in [-0.4, -0.2) is 6.41 Å². The molecule has 0 aliphatic heterocycles. The molecular formula is C3H4NNaOS. The largest absolute Gasteiger partial charge is 1.00 e. The third-order valence-corrected chi connectivity index (χ3v) is 0.368. The van der Waals surface area contributed by atoms with Crippen molar-refractivity contribution in [3.63, 3.8) is 0 Å². The Kier molecular flexibility index (Phi) is 14.4. The van der Waals surface area contributed by atoms with E-state index >= 15 is 0 Å². The van der Waals surface area contributed by atoms with Crippen molar-refractivity contribution in [1.29, 1.82) is 0 Å². The molecule has 0 rings (SSSR count). The van der Waals surface area contributed by atoms with E-state index in [2.05, 4.69) is 17.9 Å². The molecule has 0 aromatic carbocycles. The van der Waals surface area contributed by atoms with E-state index < -0.39 is 0 Å². The van der Waals surface area contributed by atoms with Gasteiger partial charge in [0, 0.05) is 0 Å². The molecule has 34 valence electrons. The van der Waals surface area contributed by atoms with Crippen LogP contribution in [0.2, 0.25) is 0 Å². The number of amides is 1. The summed E-state index contributed by atoms with van der Waals surface area (Å²) < 4.78 is 0. The molecule has 4 heteroatoms. The predicted molar refractivity (Wildman–Crippen MR) is 25.7 cm³/mol. The average Bonchev–Trinajstić information content (AvgIpc) is 1.61. The van der Waals surface area contributed by atoms with Crippen LogP contribution in [0.3, 0.4) is 0 Å². The van der Waals surface area contributed by atoms with Crippen LogP contribution in [-0.2, 0) is 17.4 Å². The minimum atomic E-state index is 0. The smallest absolute Gasteiger partial charge is 0.786 e. The van der Waals surface area contributed by atoms with Gasteiger partial charge in [-0.1, -0.05) is 0 Å². The molecule has 0 radical (unpaired) electrons. The molecule has 0 bridgehead atoms. The number of hydrogen-bond acceptors (Lipinski definition) is 2. The molecule has 0 fully saturated rings. The van der Waals surface area contributed by atoms with Crippen LogP contribution in [0.25, 0.3) is 0 Å². The second-order valence-corrected chi connectivity index (χ2v) is 0.859. The summed E-state index contributed by atoms with van der Waals surface area (Å²) in [6.45, 7) is 0. The maximum Gasteiger partial charge on any atom is 1.00 e. The second kappa shape index (κ2) is 9.66. The van der Waals surface area contributed by atoms with Crippen LogP contribution in [0.5, 0.6) is 0 Å². The molecule has 1 amide bonds. The monoisotopic (exact) mass is 125 g/mol. The summed E-state index contributed by atoms with van der Waals surface area (Å²) in [6, 6.07) is 0. The van der Waals surface area contributed by atoms with E-state index in [9.17, 15) is 4.79 Å². The van der Waals surface area contributed by atoms with Gasteiger partial charge < -0.3 is 17.9 Å². The van der Waals surface area contributed by atoms with E-state index in [0.29, 0.717) is 6.41 Å². The van der Waals surface area contributed by atoms with Crippen molar-refractivity contribution < 1.29 is 34.4 Å². The number of rotatable bonds is 2. The Balaban J connectivity index is 0. The molecule has 0 saturated heterocycles. The Bertz CT molecular complexity index is 66.0. The molecule has 0 aromatic heterocycles. The summed E-state index contributed by atoms with van der Waals surface area (Å²) in [7, 11) is 0. The fourth-order valence-corrected chi connectivity index (χ4v) is 0.157. The second-order valence-electron chi connectivity index (χ2n) is 0.587. The predicted octanol–water partition coefficient (Wildman–Crippen LogP) is -3.25. The van der Waals surface area contributed by atoms with Gasteiger partial charge in [0.1, 0.15) is 0 Å². The van der Waals surface area contributed by atoms with Gasteiger partial charge in [-0.25, -0.2) is 0 Å². The number of carbonyl (C=O) groups excluding carboxylic acids is 1. The van der Waals surface area contributed by atoms with Gasteiger partial charge in [0.15, 0.2) is 0 Å². The molecule has 0 aliphatic rings. The van der Waals surface area contributed by atoms with Gasteiger partial charge in [0.25, 0.3) is 0 Å². The Morgan fingerprint density at radius 3 is 2.29 bits per heavy atom. The average molecular weight is 125 g/mol. The van der Waals surface area contributed by atoms with Gasteiger partial charge in [-0.3, -0.25) is 4.79 Å². The van der Waals surface area contributed by atoms with Crippen molar-refractivity contribution in [2.45, 2.75) is 0 Å². The normalized spacial score (nSPS) is 7.43. The summed E-state index contributed by atoms with van der Waals surface area (Å²) in [5.74, 6) is 0. The first-order valence-corrected chi connectivity index (χ1v) is 1.85. The van der Waals surface area contributed by atoms with Crippen LogP contribution in [0.4, 0.5) is 0 Å². The van der Waals surface area contributed by atoms with Crippen molar-refractivity contribution in [3.05, 3.63) is 11.6 Å². The minimum Gasteiger partial charge on any atom is -0.786 e. The summed E-state index contributed by atoms with van der Waals surface area (Å²) >= 11 is 4.32. The zero-order valence-corrected chi connectivity index (χ0v) is 6.87. The molecule has 0 heterocycles. The molecular weight excluding hydrogens is 121 g/mol. The van der Waals surface area contributed by atoms with Gasteiger partial charge in [0.2, 0.25) is 6.41 Å². The van der Waals surface area contributed by atoms with Crippen molar-refractivity contribution in [1.82, 2.24) is 5.32 Å². The van der Waals surface area contributed by atoms with Gasteiger partial charge in [0.05, 0.1) is 0 Å². The fraction of sp³-hybridized carbons (Fsp3) is 0.